The Morgan fingerprint density at radius 3 is 2.40 bits per heavy atom. The van der Waals surface area contributed by atoms with Crippen molar-refractivity contribution >= 4 is 11.7 Å². The van der Waals surface area contributed by atoms with Crippen LogP contribution in [0.15, 0.2) is 53.1 Å². The van der Waals surface area contributed by atoms with E-state index in [2.05, 4.69) is 32.5 Å². The molecule has 7 nitrogen and oxygen atoms in total. The molecule has 1 saturated heterocycles. The molecule has 2 aromatic carbocycles. The van der Waals surface area contributed by atoms with Crippen molar-refractivity contribution in [2.75, 3.05) is 24.5 Å². The Morgan fingerprint density at radius 1 is 1.00 bits per heavy atom. The second-order valence-corrected chi connectivity index (χ2v) is 7.54. The summed E-state index contributed by atoms with van der Waals surface area (Å²) in [5, 5.41) is 15.9. The summed E-state index contributed by atoms with van der Waals surface area (Å²) < 4.78 is 5.48. The number of hydrogen-bond donors (Lipinski definition) is 2. The van der Waals surface area contributed by atoms with Gasteiger partial charge in [-0.2, -0.15) is 4.98 Å². The minimum Gasteiger partial charge on any atom is -0.481 e. The fourth-order valence-electron chi connectivity index (χ4n) is 3.62. The molecule has 0 spiro atoms. The molecule has 4 rings (SSSR count). The van der Waals surface area contributed by atoms with Gasteiger partial charge in [0.15, 0.2) is 0 Å². The third kappa shape index (κ3) is 5.04. The van der Waals surface area contributed by atoms with Gasteiger partial charge in [0.2, 0.25) is 5.82 Å². The Labute approximate surface area is 175 Å². The molecular formula is C23H26N4O3. The summed E-state index contributed by atoms with van der Waals surface area (Å²) in [6.07, 6.45) is 3.95. The van der Waals surface area contributed by atoms with Crippen LogP contribution in [0.5, 0.6) is 0 Å². The normalized spacial score (nSPS) is 14.1. The first kappa shape index (κ1) is 20.1. The van der Waals surface area contributed by atoms with Gasteiger partial charge in [0.1, 0.15) is 0 Å². The average Bonchev–Trinajstić information content (AvgIpc) is 3.28. The van der Waals surface area contributed by atoms with E-state index in [0.29, 0.717) is 24.8 Å². The predicted octanol–water partition coefficient (Wildman–Crippen LogP) is 3.96. The van der Waals surface area contributed by atoms with Crippen LogP contribution >= 0.6 is 0 Å². The smallest absolute Gasteiger partial charge is 0.304 e. The second-order valence-electron chi connectivity index (χ2n) is 7.54. The van der Waals surface area contributed by atoms with Crippen molar-refractivity contribution in [1.82, 2.24) is 15.5 Å². The standard InChI is InChI=1S/C23H26N4O3/c28-21(29)12-13-24-16-17-4-6-18(7-5-17)22-25-23(30-26-22)19-8-10-20(11-9-19)27-14-2-1-3-15-27/h4-11,24H,1-3,12-16H2,(H,28,29). The van der Waals surface area contributed by atoms with Crippen LogP contribution in [-0.2, 0) is 11.3 Å². The van der Waals surface area contributed by atoms with Crippen molar-refractivity contribution in [2.24, 2.45) is 0 Å². The second kappa shape index (κ2) is 9.54. The number of aliphatic carboxylic acids is 1. The lowest BCUT2D eigenvalue weighted by molar-refractivity contribution is -0.136. The SMILES string of the molecule is O=C(O)CCNCc1ccc(-c2noc(-c3ccc(N4CCCCC4)cc3)n2)cc1. The van der Waals surface area contributed by atoms with Gasteiger partial charge >= 0.3 is 5.97 Å². The van der Waals surface area contributed by atoms with Gasteiger partial charge < -0.3 is 19.8 Å². The van der Waals surface area contributed by atoms with Gasteiger partial charge in [0.25, 0.3) is 5.89 Å². The lowest BCUT2D eigenvalue weighted by Crippen LogP contribution is -2.29. The number of nitrogens with zero attached hydrogens (tertiary/aromatic N) is 3. The van der Waals surface area contributed by atoms with E-state index in [4.69, 9.17) is 9.63 Å². The monoisotopic (exact) mass is 406 g/mol. The van der Waals surface area contributed by atoms with Gasteiger partial charge in [-0.25, -0.2) is 0 Å². The third-order valence-electron chi connectivity index (χ3n) is 5.32. The topological polar surface area (TPSA) is 91.5 Å². The van der Waals surface area contributed by atoms with Crippen LogP contribution in [0.25, 0.3) is 22.8 Å². The fourth-order valence-corrected chi connectivity index (χ4v) is 3.62. The van der Waals surface area contributed by atoms with E-state index in [9.17, 15) is 4.79 Å². The van der Waals surface area contributed by atoms with Crippen molar-refractivity contribution in [2.45, 2.75) is 32.2 Å². The maximum Gasteiger partial charge on any atom is 0.304 e. The zero-order valence-corrected chi connectivity index (χ0v) is 16.9. The van der Waals surface area contributed by atoms with Gasteiger partial charge in [-0.1, -0.05) is 29.4 Å². The maximum absolute atomic E-state index is 10.5. The Balaban J connectivity index is 1.38. The lowest BCUT2D eigenvalue weighted by atomic mass is 10.1. The Kier molecular flexibility index (Phi) is 6.39. The molecule has 0 unspecified atom stereocenters. The summed E-state index contributed by atoms with van der Waals surface area (Å²) in [6.45, 7) is 3.31. The number of hydrogen-bond acceptors (Lipinski definition) is 6. The number of piperidine rings is 1. The van der Waals surface area contributed by atoms with E-state index in [1.165, 1.54) is 24.9 Å². The molecule has 0 atom stereocenters. The number of rotatable bonds is 8. The summed E-state index contributed by atoms with van der Waals surface area (Å²) in [7, 11) is 0. The van der Waals surface area contributed by atoms with Crippen LogP contribution in [-0.4, -0.2) is 40.9 Å². The first-order chi connectivity index (χ1) is 14.7. The van der Waals surface area contributed by atoms with Crippen molar-refractivity contribution < 1.29 is 14.4 Å². The number of carboxylic acid groups (broad SMARTS) is 1. The Morgan fingerprint density at radius 2 is 1.70 bits per heavy atom. The Hall–Kier alpha value is -3.19. The maximum atomic E-state index is 10.5. The van der Waals surface area contributed by atoms with Crippen LogP contribution in [0.3, 0.4) is 0 Å². The molecule has 0 saturated carbocycles. The zero-order valence-electron chi connectivity index (χ0n) is 16.9. The van der Waals surface area contributed by atoms with E-state index < -0.39 is 5.97 Å². The molecular weight excluding hydrogens is 380 g/mol. The molecule has 1 aliphatic rings. The van der Waals surface area contributed by atoms with Gasteiger partial charge in [-0.3, -0.25) is 4.79 Å². The number of anilines is 1. The van der Waals surface area contributed by atoms with Gasteiger partial charge in [-0.05, 0) is 49.1 Å². The number of benzene rings is 2. The van der Waals surface area contributed by atoms with Crippen molar-refractivity contribution in [3.8, 4) is 22.8 Å². The van der Waals surface area contributed by atoms with Gasteiger partial charge in [0.05, 0.1) is 6.42 Å². The van der Waals surface area contributed by atoms with Crippen LogP contribution in [0.2, 0.25) is 0 Å². The van der Waals surface area contributed by atoms with E-state index >= 15 is 0 Å². The van der Waals surface area contributed by atoms with Gasteiger partial charge in [-0.15, -0.1) is 0 Å². The molecule has 30 heavy (non-hydrogen) atoms. The van der Waals surface area contributed by atoms with Crippen molar-refractivity contribution in [3.05, 3.63) is 54.1 Å². The molecule has 0 amide bonds. The molecule has 1 aromatic heterocycles. The van der Waals surface area contributed by atoms with E-state index in [1.54, 1.807) is 0 Å². The first-order valence-electron chi connectivity index (χ1n) is 10.4. The summed E-state index contributed by atoms with van der Waals surface area (Å²) in [5.41, 5.74) is 4.10. The number of carbonyl (C=O) groups is 1. The molecule has 0 aliphatic carbocycles. The van der Waals surface area contributed by atoms with E-state index in [-0.39, 0.29) is 6.42 Å². The van der Waals surface area contributed by atoms with Gasteiger partial charge in [0, 0.05) is 43.0 Å². The van der Waals surface area contributed by atoms with Crippen LogP contribution in [0.1, 0.15) is 31.2 Å². The van der Waals surface area contributed by atoms with Crippen molar-refractivity contribution in [1.29, 1.82) is 0 Å². The lowest BCUT2D eigenvalue weighted by Gasteiger charge is -2.28. The molecule has 156 valence electrons. The molecule has 0 radical (unpaired) electrons. The fraction of sp³-hybridized carbons (Fsp3) is 0.348. The molecule has 2 N–H and O–H groups in total. The van der Waals surface area contributed by atoms with Crippen molar-refractivity contribution in [3.63, 3.8) is 0 Å². The summed E-state index contributed by atoms with van der Waals surface area (Å²) >= 11 is 0. The van der Waals surface area contributed by atoms with Crippen LogP contribution in [0.4, 0.5) is 5.69 Å². The highest BCUT2D eigenvalue weighted by molar-refractivity contribution is 5.66. The molecule has 7 heteroatoms. The molecule has 3 aromatic rings. The average molecular weight is 406 g/mol. The van der Waals surface area contributed by atoms with E-state index in [0.717, 1.165) is 29.8 Å². The highest BCUT2D eigenvalue weighted by atomic mass is 16.5. The first-order valence-corrected chi connectivity index (χ1v) is 10.4. The number of carboxylic acids is 1. The largest absolute Gasteiger partial charge is 0.481 e. The summed E-state index contributed by atoms with van der Waals surface area (Å²) in [5.74, 6) is 0.261. The molecule has 0 bridgehead atoms. The Bertz CT molecular complexity index is 961. The molecule has 1 aliphatic heterocycles. The van der Waals surface area contributed by atoms with Crippen LogP contribution in [0, 0.1) is 0 Å². The highest BCUT2D eigenvalue weighted by Crippen LogP contribution is 2.26. The highest BCUT2D eigenvalue weighted by Gasteiger charge is 2.13. The summed E-state index contributed by atoms with van der Waals surface area (Å²) in [6, 6.07) is 16.2. The minimum atomic E-state index is -0.799. The number of aromatic nitrogens is 2. The molecule has 1 fully saturated rings. The molecule has 2 heterocycles. The zero-order chi connectivity index (χ0) is 20.8. The predicted molar refractivity (Wildman–Crippen MR) is 115 cm³/mol. The minimum absolute atomic E-state index is 0.114. The van der Waals surface area contributed by atoms with Crippen LogP contribution < -0.4 is 10.2 Å². The van der Waals surface area contributed by atoms with E-state index in [1.807, 2.05) is 36.4 Å². The number of nitrogens with one attached hydrogen (secondary N) is 1. The summed E-state index contributed by atoms with van der Waals surface area (Å²) in [4.78, 5) is 17.5. The third-order valence-corrected chi connectivity index (χ3v) is 5.32. The quantitative estimate of drug-likeness (QED) is 0.547.